The fraction of sp³-hybridized carbons (Fsp3) is 1.00. The molecule has 3 fully saturated rings. The van der Waals surface area contributed by atoms with Crippen molar-refractivity contribution in [1.29, 1.82) is 0 Å². The van der Waals surface area contributed by atoms with Gasteiger partial charge in [-0.05, 0) is 61.7 Å². The van der Waals surface area contributed by atoms with Crippen LogP contribution in [0.5, 0.6) is 0 Å². The Kier molecular flexibility index (Phi) is 7.34. The second-order valence-electron chi connectivity index (χ2n) is 9.30. The van der Waals surface area contributed by atoms with Gasteiger partial charge in [0.2, 0.25) is 0 Å². The van der Waals surface area contributed by atoms with Crippen molar-refractivity contribution in [3.8, 4) is 0 Å². The summed E-state index contributed by atoms with van der Waals surface area (Å²) in [5.41, 5.74) is 0. The van der Waals surface area contributed by atoms with E-state index in [1.807, 2.05) is 0 Å². The first-order chi connectivity index (χ1) is 11.4. The Hall–Kier alpha value is 0. The first-order valence-electron chi connectivity index (χ1n) is 11.4. The summed E-state index contributed by atoms with van der Waals surface area (Å²) in [4.78, 5) is 0. The molecule has 0 saturated heterocycles. The van der Waals surface area contributed by atoms with Gasteiger partial charge in [0.15, 0.2) is 0 Å². The first kappa shape index (κ1) is 17.8. The topological polar surface area (TPSA) is 0 Å². The number of rotatable bonds is 8. The van der Waals surface area contributed by atoms with E-state index >= 15 is 0 Å². The minimum atomic E-state index is 1.10. The molecule has 0 aromatic heterocycles. The molecule has 0 N–H and O–H groups in total. The Morgan fingerprint density at radius 3 is 2.17 bits per heavy atom. The summed E-state index contributed by atoms with van der Waals surface area (Å²) in [6, 6.07) is 0. The molecule has 3 saturated carbocycles. The van der Waals surface area contributed by atoms with Gasteiger partial charge < -0.3 is 0 Å². The van der Waals surface area contributed by atoms with E-state index in [-0.39, 0.29) is 0 Å². The molecule has 134 valence electrons. The lowest BCUT2D eigenvalue weighted by Gasteiger charge is -2.49. The smallest absolute Gasteiger partial charge is 0.0355 e. The first-order valence-corrected chi connectivity index (χ1v) is 11.4. The molecular formula is C23H42. The average molecular weight is 319 g/mol. The fourth-order valence-corrected chi connectivity index (χ4v) is 6.52. The Morgan fingerprint density at radius 2 is 1.30 bits per heavy atom. The standard InChI is InChI=1S/C23H42/c1-2-3-4-5-6-7-8-11-19-14-17-23-21(18-19)16-15-20-12-9-10-13-22(20)23/h19-23H,2-18H2,1H3. The molecule has 0 heterocycles. The van der Waals surface area contributed by atoms with E-state index in [1.54, 1.807) is 64.2 Å². The van der Waals surface area contributed by atoms with Crippen LogP contribution in [0.25, 0.3) is 0 Å². The van der Waals surface area contributed by atoms with Gasteiger partial charge in [-0.3, -0.25) is 0 Å². The summed E-state index contributed by atoms with van der Waals surface area (Å²) >= 11 is 0. The third-order valence-electron chi connectivity index (χ3n) is 7.79. The predicted molar refractivity (Wildman–Crippen MR) is 102 cm³/mol. The summed E-state index contributed by atoms with van der Waals surface area (Å²) in [5, 5.41) is 0. The highest BCUT2D eigenvalue weighted by molar-refractivity contribution is 4.92. The van der Waals surface area contributed by atoms with Crippen molar-refractivity contribution in [3.05, 3.63) is 0 Å². The van der Waals surface area contributed by atoms with E-state index in [4.69, 9.17) is 0 Å². The van der Waals surface area contributed by atoms with Gasteiger partial charge in [-0.25, -0.2) is 0 Å². The zero-order valence-electron chi connectivity index (χ0n) is 15.9. The minimum absolute atomic E-state index is 1.10. The zero-order valence-corrected chi connectivity index (χ0v) is 15.9. The second-order valence-corrected chi connectivity index (χ2v) is 9.30. The molecule has 0 aliphatic heterocycles. The van der Waals surface area contributed by atoms with Crippen molar-refractivity contribution in [3.63, 3.8) is 0 Å². The fourth-order valence-electron chi connectivity index (χ4n) is 6.52. The van der Waals surface area contributed by atoms with Crippen LogP contribution < -0.4 is 0 Å². The van der Waals surface area contributed by atoms with Gasteiger partial charge in [0.25, 0.3) is 0 Å². The molecule has 3 aliphatic rings. The quantitative estimate of drug-likeness (QED) is 0.401. The number of hydrogen-bond acceptors (Lipinski definition) is 0. The summed E-state index contributed by atoms with van der Waals surface area (Å²) in [7, 11) is 0. The van der Waals surface area contributed by atoms with Crippen molar-refractivity contribution in [2.24, 2.45) is 29.6 Å². The Balaban J connectivity index is 1.33. The molecule has 0 heteroatoms. The summed E-state index contributed by atoms with van der Waals surface area (Å²) in [6.07, 6.45) is 26.2. The lowest BCUT2D eigenvalue weighted by Crippen LogP contribution is -2.40. The molecule has 5 atom stereocenters. The Labute approximate surface area is 146 Å². The number of unbranched alkanes of at least 4 members (excludes halogenated alkanes) is 6. The maximum absolute atomic E-state index is 2.32. The van der Waals surface area contributed by atoms with Gasteiger partial charge >= 0.3 is 0 Å². The third-order valence-corrected chi connectivity index (χ3v) is 7.79. The lowest BCUT2D eigenvalue weighted by molar-refractivity contribution is 0.0101. The normalized spacial score (nSPS) is 37.2. The molecule has 3 aliphatic carbocycles. The summed E-state index contributed by atoms with van der Waals surface area (Å²) in [6.45, 7) is 2.32. The van der Waals surface area contributed by atoms with E-state index in [0.717, 1.165) is 29.6 Å². The molecule has 5 unspecified atom stereocenters. The van der Waals surface area contributed by atoms with Crippen LogP contribution >= 0.6 is 0 Å². The van der Waals surface area contributed by atoms with Crippen LogP contribution in [0.3, 0.4) is 0 Å². The molecule has 0 radical (unpaired) electrons. The van der Waals surface area contributed by atoms with E-state index in [2.05, 4.69) is 6.92 Å². The zero-order chi connectivity index (χ0) is 15.9. The van der Waals surface area contributed by atoms with Crippen LogP contribution in [-0.4, -0.2) is 0 Å². The molecule has 0 amide bonds. The average Bonchev–Trinajstić information content (AvgIpc) is 2.60. The van der Waals surface area contributed by atoms with Crippen molar-refractivity contribution in [2.45, 2.75) is 116 Å². The highest BCUT2D eigenvalue weighted by Crippen LogP contribution is 2.52. The van der Waals surface area contributed by atoms with Crippen LogP contribution in [0.4, 0.5) is 0 Å². The predicted octanol–water partition coefficient (Wildman–Crippen LogP) is 7.76. The van der Waals surface area contributed by atoms with Crippen molar-refractivity contribution < 1.29 is 0 Å². The van der Waals surface area contributed by atoms with Crippen molar-refractivity contribution in [2.75, 3.05) is 0 Å². The molecule has 0 spiro atoms. The monoisotopic (exact) mass is 318 g/mol. The van der Waals surface area contributed by atoms with Crippen LogP contribution in [0.15, 0.2) is 0 Å². The molecular weight excluding hydrogens is 276 g/mol. The van der Waals surface area contributed by atoms with Crippen LogP contribution in [-0.2, 0) is 0 Å². The van der Waals surface area contributed by atoms with E-state index in [1.165, 1.54) is 44.9 Å². The molecule has 3 rings (SSSR count). The molecule has 0 aromatic carbocycles. The van der Waals surface area contributed by atoms with Gasteiger partial charge in [0.05, 0.1) is 0 Å². The minimum Gasteiger partial charge on any atom is -0.0654 e. The summed E-state index contributed by atoms with van der Waals surface area (Å²) < 4.78 is 0. The van der Waals surface area contributed by atoms with Crippen LogP contribution in [0.1, 0.15) is 116 Å². The number of fused-ring (bicyclic) bond motifs is 3. The van der Waals surface area contributed by atoms with E-state index in [0.29, 0.717) is 0 Å². The highest BCUT2D eigenvalue weighted by Gasteiger charge is 2.42. The van der Waals surface area contributed by atoms with Crippen LogP contribution in [0, 0.1) is 29.6 Å². The van der Waals surface area contributed by atoms with Gasteiger partial charge in [-0.15, -0.1) is 0 Å². The lowest BCUT2D eigenvalue weighted by atomic mass is 9.56. The largest absolute Gasteiger partial charge is 0.0654 e. The Bertz CT molecular complexity index is 320. The van der Waals surface area contributed by atoms with Gasteiger partial charge in [0, 0.05) is 0 Å². The molecule has 23 heavy (non-hydrogen) atoms. The van der Waals surface area contributed by atoms with Gasteiger partial charge in [0.1, 0.15) is 0 Å². The van der Waals surface area contributed by atoms with Crippen molar-refractivity contribution >= 4 is 0 Å². The second kappa shape index (κ2) is 9.47. The van der Waals surface area contributed by atoms with E-state index < -0.39 is 0 Å². The maximum atomic E-state index is 2.32. The van der Waals surface area contributed by atoms with Gasteiger partial charge in [-0.2, -0.15) is 0 Å². The maximum Gasteiger partial charge on any atom is -0.0355 e. The highest BCUT2D eigenvalue weighted by atomic mass is 14.5. The van der Waals surface area contributed by atoms with E-state index in [9.17, 15) is 0 Å². The number of hydrogen-bond donors (Lipinski definition) is 0. The molecule has 0 nitrogen and oxygen atoms in total. The van der Waals surface area contributed by atoms with Crippen LogP contribution in [0.2, 0.25) is 0 Å². The molecule has 0 aromatic rings. The van der Waals surface area contributed by atoms with Gasteiger partial charge in [-0.1, -0.05) is 84.0 Å². The summed E-state index contributed by atoms with van der Waals surface area (Å²) in [5.74, 6) is 5.69. The Morgan fingerprint density at radius 1 is 0.609 bits per heavy atom. The molecule has 0 bridgehead atoms. The third kappa shape index (κ3) is 4.99. The SMILES string of the molecule is CCCCCCCCCC1CCC2C(CCC3CCCCC32)C1. The van der Waals surface area contributed by atoms with Crippen molar-refractivity contribution in [1.82, 2.24) is 0 Å².